The van der Waals surface area contributed by atoms with Crippen LogP contribution >= 0.6 is 0 Å². The Balaban J connectivity index is 1.93. The maximum atomic E-state index is 10.1. The van der Waals surface area contributed by atoms with E-state index >= 15 is 0 Å². The minimum atomic E-state index is -0.427. The van der Waals surface area contributed by atoms with E-state index in [4.69, 9.17) is 0 Å². The zero-order valence-corrected chi connectivity index (χ0v) is 13.9. The molecule has 3 nitrogen and oxygen atoms in total. The number of hydrogen-bond donors (Lipinski definition) is 2. The standard InChI is InChI=1S/C17H34N2O/c1-5-18-15-14(7-6-8-16(15,2)3)13-19-11-9-17(4,20)10-12-19/h14-15,18,20H,5-13H2,1-4H3. The van der Waals surface area contributed by atoms with Crippen molar-refractivity contribution in [3.05, 3.63) is 0 Å². The summed E-state index contributed by atoms with van der Waals surface area (Å²) in [5.74, 6) is 0.766. The van der Waals surface area contributed by atoms with E-state index in [0.717, 1.165) is 38.4 Å². The molecule has 3 heteroatoms. The van der Waals surface area contributed by atoms with E-state index in [2.05, 4.69) is 31.0 Å². The Morgan fingerprint density at radius 2 is 1.80 bits per heavy atom. The highest BCUT2D eigenvalue weighted by Gasteiger charge is 2.39. The van der Waals surface area contributed by atoms with Gasteiger partial charge in [0.15, 0.2) is 0 Å². The number of nitrogens with one attached hydrogen (secondary N) is 1. The van der Waals surface area contributed by atoms with Crippen molar-refractivity contribution < 1.29 is 5.11 Å². The summed E-state index contributed by atoms with van der Waals surface area (Å²) in [5.41, 5.74) is -0.0103. The van der Waals surface area contributed by atoms with E-state index in [-0.39, 0.29) is 0 Å². The summed E-state index contributed by atoms with van der Waals surface area (Å²) in [6.45, 7) is 13.4. The van der Waals surface area contributed by atoms with Gasteiger partial charge in [-0.3, -0.25) is 0 Å². The van der Waals surface area contributed by atoms with Gasteiger partial charge >= 0.3 is 0 Å². The minimum absolute atomic E-state index is 0.417. The Labute approximate surface area is 125 Å². The number of rotatable bonds is 4. The number of aliphatic hydroxyl groups is 1. The highest BCUT2D eigenvalue weighted by Crippen LogP contribution is 2.39. The van der Waals surface area contributed by atoms with Crippen LogP contribution in [0.5, 0.6) is 0 Å². The summed E-state index contributed by atoms with van der Waals surface area (Å²) < 4.78 is 0. The highest BCUT2D eigenvalue weighted by atomic mass is 16.3. The van der Waals surface area contributed by atoms with E-state index in [9.17, 15) is 5.11 Å². The summed E-state index contributed by atoms with van der Waals surface area (Å²) in [4.78, 5) is 2.58. The minimum Gasteiger partial charge on any atom is -0.390 e. The molecule has 20 heavy (non-hydrogen) atoms. The lowest BCUT2D eigenvalue weighted by atomic mass is 9.67. The van der Waals surface area contributed by atoms with Gasteiger partial charge in [-0.2, -0.15) is 0 Å². The summed E-state index contributed by atoms with van der Waals surface area (Å²) in [6.07, 6.45) is 5.92. The molecule has 0 radical (unpaired) electrons. The van der Waals surface area contributed by atoms with Crippen molar-refractivity contribution >= 4 is 0 Å². The Kier molecular flexibility index (Phi) is 5.14. The Hall–Kier alpha value is -0.120. The first-order chi connectivity index (χ1) is 9.34. The molecule has 1 aliphatic heterocycles. The lowest BCUT2D eigenvalue weighted by Gasteiger charge is -2.47. The fourth-order valence-corrected chi connectivity index (χ4v) is 4.19. The van der Waals surface area contributed by atoms with Crippen LogP contribution in [0.4, 0.5) is 0 Å². The lowest BCUT2D eigenvalue weighted by Crippen LogP contribution is -2.54. The van der Waals surface area contributed by atoms with E-state index < -0.39 is 5.60 Å². The van der Waals surface area contributed by atoms with Gasteiger partial charge in [0.05, 0.1) is 5.60 Å². The molecule has 0 spiro atoms. The van der Waals surface area contributed by atoms with Crippen LogP contribution in [-0.4, -0.2) is 47.8 Å². The molecule has 1 saturated heterocycles. The van der Waals surface area contributed by atoms with E-state index in [1.54, 1.807) is 0 Å². The maximum Gasteiger partial charge on any atom is 0.0644 e. The zero-order valence-electron chi connectivity index (χ0n) is 13.9. The molecular formula is C17H34N2O. The fourth-order valence-electron chi connectivity index (χ4n) is 4.19. The van der Waals surface area contributed by atoms with Crippen LogP contribution in [0.25, 0.3) is 0 Å². The third-order valence-electron chi connectivity index (χ3n) is 5.56. The average Bonchev–Trinajstić information content (AvgIpc) is 2.36. The number of piperidine rings is 1. The quantitative estimate of drug-likeness (QED) is 0.832. The first-order valence-corrected chi connectivity index (χ1v) is 8.52. The van der Waals surface area contributed by atoms with Crippen LogP contribution in [-0.2, 0) is 0 Å². The van der Waals surface area contributed by atoms with E-state index in [1.165, 1.54) is 25.8 Å². The Morgan fingerprint density at radius 1 is 1.15 bits per heavy atom. The maximum absolute atomic E-state index is 10.1. The molecule has 0 bridgehead atoms. The monoisotopic (exact) mass is 282 g/mol. The van der Waals surface area contributed by atoms with E-state index in [0.29, 0.717) is 11.5 Å². The topological polar surface area (TPSA) is 35.5 Å². The SMILES string of the molecule is CCNC1C(CN2CCC(C)(O)CC2)CCCC1(C)C. The normalized spacial score (nSPS) is 34.0. The van der Waals surface area contributed by atoms with Gasteiger partial charge < -0.3 is 15.3 Å². The molecule has 2 fully saturated rings. The first-order valence-electron chi connectivity index (χ1n) is 8.52. The molecule has 2 rings (SSSR count). The number of likely N-dealkylation sites (tertiary alicyclic amines) is 1. The van der Waals surface area contributed by atoms with Gasteiger partial charge in [-0.15, -0.1) is 0 Å². The predicted molar refractivity (Wildman–Crippen MR) is 84.9 cm³/mol. The summed E-state index contributed by atoms with van der Waals surface area (Å²) in [5, 5.41) is 13.8. The van der Waals surface area contributed by atoms with Crippen LogP contribution in [0.3, 0.4) is 0 Å². The highest BCUT2D eigenvalue weighted by molar-refractivity contribution is 4.95. The molecule has 118 valence electrons. The van der Waals surface area contributed by atoms with Crippen molar-refractivity contribution in [2.45, 2.75) is 71.4 Å². The van der Waals surface area contributed by atoms with Crippen molar-refractivity contribution in [1.82, 2.24) is 10.2 Å². The largest absolute Gasteiger partial charge is 0.390 e. The molecule has 2 N–H and O–H groups in total. The summed E-state index contributed by atoms with van der Waals surface area (Å²) >= 11 is 0. The Morgan fingerprint density at radius 3 is 2.40 bits per heavy atom. The summed E-state index contributed by atoms with van der Waals surface area (Å²) in [7, 11) is 0. The lowest BCUT2D eigenvalue weighted by molar-refractivity contribution is -0.0161. The van der Waals surface area contributed by atoms with Gasteiger partial charge in [-0.1, -0.05) is 27.2 Å². The molecule has 1 saturated carbocycles. The zero-order chi connectivity index (χ0) is 14.8. The van der Waals surface area contributed by atoms with Gasteiger partial charge in [0.1, 0.15) is 0 Å². The second-order valence-electron chi connectivity index (χ2n) is 7.97. The van der Waals surface area contributed by atoms with Gasteiger partial charge in [0.2, 0.25) is 0 Å². The second-order valence-corrected chi connectivity index (χ2v) is 7.97. The van der Waals surface area contributed by atoms with Crippen molar-refractivity contribution in [2.24, 2.45) is 11.3 Å². The molecule has 2 aliphatic rings. The molecule has 2 unspecified atom stereocenters. The molecule has 1 heterocycles. The van der Waals surface area contributed by atoms with Crippen molar-refractivity contribution in [1.29, 1.82) is 0 Å². The smallest absolute Gasteiger partial charge is 0.0644 e. The number of hydrogen-bond acceptors (Lipinski definition) is 3. The van der Waals surface area contributed by atoms with Gasteiger partial charge in [-0.05, 0) is 50.5 Å². The molecule has 2 atom stereocenters. The van der Waals surface area contributed by atoms with Gasteiger partial charge in [0, 0.05) is 25.7 Å². The molecule has 0 aromatic heterocycles. The molecule has 1 aliphatic carbocycles. The second kappa shape index (κ2) is 6.33. The van der Waals surface area contributed by atoms with E-state index in [1.807, 2.05) is 6.92 Å². The molecule has 0 amide bonds. The van der Waals surface area contributed by atoms with Crippen LogP contribution < -0.4 is 5.32 Å². The van der Waals surface area contributed by atoms with Crippen LogP contribution in [0.15, 0.2) is 0 Å². The predicted octanol–water partition coefficient (Wildman–Crippen LogP) is 2.64. The molecular weight excluding hydrogens is 248 g/mol. The molecule has 0 aromatic rings. The fraction of sp³-hybridized carbons (Fsp3) is 1.00. The Bertz CT molecular complexity index is 304. The van der Waals surface area contributed by atoms with Crippen molar-refractivity contribution in [3.63, 3.8) is 0 Å². The number of nitrogens with zero attached hydrogens (tertiary/aromatic N) is 1. The van der Waals surface area contributed by atoms with Crippen molar-refractivity contribution in [3.8, 4) is 0 Å². The van der Waals surface area contributed by atoms with Crippen LogP contribution in [0.1, 0.15) is 59.8 Å². The third kappa shape index (κ3) is 3.96. The average molecular weight is 282 g/mol. The van der Waals surface area contributed by atoms with Crippen LogP contribution in [0, 0.1) is 11.3 Å². The first kappa shape index (κ1) is 16.3. The van der Waals surface area contributed by atoms with Crippen molar-refractivity contribution in [2.75, 3.05) is 26.2 Å². The molecule has 0 aromatic carbocycles. The van der Waals surface area contributed by atoms with Gasteiger partial charge in [-0.25, -0.2) is 0 Å². The third-order valence-corrected chi connectivity index (χ3v) is 5.56. The van der Waals surface area contributed by atoms with Crippen LogP contribution in [0.2, 0.25) is 0 Å². The summed E-state index contributed by atoms with van der Waals surface area (Å²) in [6, 6.07) is 0.642. The van der Waals surface area contributed by atoms with Gasteiger partial charge in [0.25, 0.3) is 0 Å².